The predicted molar refractivity (Wildman–Crippen MR) is 90.4 cm³/mol. The van der Waals surface area contributed by atoms with Crippen molar-refractivity contribution < 1.29 is 19.4 Å². The summed E-state index contributed by atoms with van der Waals surface area (Å²) < 4.78 is 10.7. The van der Waals surface area contributed by atoms with Crippen LogP contribution < -0.4 is 14.9 Å². The third-order valence-electron chi connectivity index (χ3n) is 3.00. The molecule has 0 fully saturated rings. The van der Waals surface area contributed by atoms with Crippen LogP contribution in [0.3, 0.4) is 0 Å². The van der Waals surface area contributed by atoms with Gasteiger partial charge in [-0.1, -0.05) is 0 Å². The zero-order chi connectivity index (χ0) is 16.8. The third-order valence-corrected chi connectivity index (χ3v) is 3.62. The lowest BCUT2D eigenvalue weighted by molar-refractivity contribution is 0.0955. The highest BCUT2D eigenvalue weighted by Gasteiger charge is 2.08. The van der Waals surface area contributed by atoms with Gasteiger partial charge in [-0.25, -0.2) is 5.43 Å². The average molecular weight is 379 g/mol. The van der Waals surface area contributed by atoms with Crippen molar-refractivity contribution in [2.24, 2.45) is 5.10 Å². The lowest BCUT2D eigenvalue weighted by Crippen LogP contribution is -2.17. The average Bonchev–Trinajstić information content (AvgIpc) is 2.54. The minimum atomic E-state index is -0.359. The molecule has 2 aromatic rings. The van der Waals surface area contributed by atoms with E-state index in [0.29, 0.717) is 27.1 Å². The molecule has 7 heteroatoms. The Bertz CT molecular complexity index is 747. The van der Waals surface area contributed by atoms with Gasteiger partial charge in [0.2, 0.25) is 0 Å². The molecule has 6 nitrogen and oxygen atoms in total. The van der Waals surface area contributed by atoms with E-state index in [2.05, 4.69) is 26.5 Å². The zero-order valence-corrected chi connectivity index (χ0v) is 14.1. The molecule has 0 unspecified atom stereocenters. The maximum Gasteiger partial charge on any atom is 0.271 e. The van der Waals surface area contributed by atoms with Gasteiger partial charge in [-0.15, -0.1) is 0 Å². The molecule has 0 saturated carbocycles. The largest absolute Gasteiger partial charge is 0.504 e. The van der Waals surface area contributed by atoms with Crippen molar-refractivity contribution in [1.82, 2.24) is 5.43 Å². The van der Waals surface area contributed by atoms with Crippen molar-refractivity contribution in [3.8, 4) is 17.2 Å². The summed E-state index contributed by atoms with van der Waals surface area (Å²) in [4.78, 5) is 12.0. The van der Waals surface area contributed by atoms with Crippen LogP contribution >= 0.6 is 15.9 Å². The Morgan fingerprint density at radius 2 is 1.87 bits per heavy atom. The molecule has 0 aliphatic rings. The van der Waals surface area contributed by atoms with Crippen LogP contribution in [0, 0.1) is 0 Å². The van der Waals surface area contributed by atoms with Crippen LogP contribution in [-0.2, 0) is 0 Å². The monoisotopic (exact) mass is 378 g/mol. The number of ether oxygens (including phenoxy) is 2. The number of carbonyl (C=O) groups excluding carboxylic acids is 1. The predicted octanol–water partition coefficient (Wildman–Crippen LogP) is 2.94. The van der Waals surface area contributed by atoms with Crippen molar-refractivity contribution in [2.75, 3.05) is 14.2 Å². The van der Waals surface area contributed by atoms with Gasteiger partial charge in [-0.3, -0.25) is 4.79 Å². The van der Waals surface area contributed by atoms with Crippen LogP contribution in [-0.4, -0.2) is 31.4 Å². The van der Waals surface area contributed by atoms with Crippen molar-refractivity contribution >= 4 is 28.1 Å². The van der Waals surface area contributed by atoms with E-state index in [1.165, 1.54) is 19.4 Å². The van der Waals surface area contributed by atoms with Gasteiger partial charge in [0.25, 0.3) is 5.91 Å². The molecular formula is C16H15BrN2O4. The number of phenols is 1. The Labute approximate surface area is 141 Å². The molecule has 1 amide bonds. The SMILES string of the molecule is COc1ccc(C=NNC(=O)c2ccc(OC)c(Br)c2)cc1O. The fraction of sp³-hybridized carbons (Fsp3) is 0.125. The van der Waals surface area contributed by atoms with Crippen LogP contribution in [0.1, 0.15) is 15.9 Å². The van der Waals surface area contributed by atoms with Crippen LogP contribution in [0.15, 0.2) is 46.0 Å². The quantitative estimate of drug-likeness (QED) is 0.619. The Morgan fingerprint density at radius 3 is 2.48 bits per heavy atom. The normalized spacial score (nSPS) is 10.6. The maximum atomic E-state index is 12.0. The minimum Gasteiger partial charge on any atom is -0.504 e. The number of rotatable bonds is 5. The molecule has 0 atom stereocenters. The lowest BCUT2D eigenvalue weighted by Gasteiger charge is -2.05. The molecule has 0 aliphatic carbocycles. The Morgan fingerprint density at radius 1 is 1.17 bits per heavy atom. The first-order valence-electron chi connectivity index (χ1n) is 6.59. The molecule has 0 saturated heterocycles. The first-order valence-corrected chi connectivity index (χ1v) is 7.38. The molecule has 23 heavy (non-hydrogen) atoms. The molecule has 0 aliphatic heterocycles. The molecule has 0 aromatic heterocycles. The van der Waals surface area contributed by atoms with Crippen LogP contribution in [0.5, 0.6) is 17.2 Å². The van der Waals surface area contributed by atoms with Crippen molar-refractivity contribution in [3.63, 3.8) is 0 Å². The number of benzene rings is 2. The second kappa shape index (κ2) is 7.64. The minimum absolute atomic E-state index is 0.00172. The van der Waals surface area contributed by atoms with E-state index >= 15 is 0 Å². The van der Waals surface area contributed by atoms with Crippen LogP contribution in [0.2, 0.25) is 0 Å². The van der Waals surface area contributed by atoms with Gasteiger partial charge in [-0.05, 0) is 57.9 Å². The number of hydrazone groups is 1. The molecule has 120 valence electrons. The Kier molecular flexibility index (Phi) is 5.59. The van der Waals surface area contributed by atoms with Crippen LogP contribution in [0.25, 0.3) is 0 Å². The Hall–Kier alpha value is -2.54. The molecule has 2 N–H and O–H groups in total. The van der Waals surface area contributed by atoms with Crippen molar-refractivity contribution in [3.05, 3.63) is 52.0 Å². The fourth-order valence-electron chi connectivity index (χ4n) is 1.82. The van der Waals surface area contributed by atoms with Crippen LogP contribution in [0.4, 0.5) is 0 Å². The number of halogens is 1. The number of nitrogens with zero attached hydrogens (tertiary/aromatic N) is 1. The number of amides is 1. The van der Waals surface area contributed by atoms with Gasteiger partial charge in [0.1, 0.15) is 5.75 Å². The van der Waals surface area contributed by atoms with E-state index < -0.39 is 0 Å². The van der Waals surface area contributed by atoms with Gasteiger partial charge >= 0.3 is 0 Å². The van der Waals surface area contributed by atoms with Gasteiger partial charge in [0.05, 0.1) is 24.9 Å². The Balaban J connectivity index is 2.03. The highest BCUT2D eigenvalue weighted by Crippen LogP contribution is 2.26. The number of methoxy groups -OCH3 is 2. The highest BCUT2D eigenvalue weighted by molar-refractivity contribution is 9.10. The van der Waals surface area contributed by atoms with E-state index in [1.807, 2.05) is 0 Å². The maximum absolute atomic E-state index is 12.0. The number of phenolic OH excluding ortho intramolecular Hbond substituents is 1. The standard InChI is InChI=1S/C16H15BrN2O4/c1-22-14-6-4-11(8-12(14)17)16(21)19-18-9-10-3-5-15(23-2)13(20)7-10/h3-9,20H,1-2H3,(H,19,21). The molecule has 0 bridgehead atoms. The fourth-order valence-corrected chi connectivity index (χ4v) is 2.37. The third kappa shape index (κ3) is 4.23. The highest BCUT2D eigenvalue weighted by atomic mass is 79.9. The smallest absolute Gasteiger partial charge is 0.271 e. The number of hydrogen-bond donors (Lipinski definition) is 2. The zero-order valence-electron chi connectivity index (χ0n) is 12.5. The van der Waals surface area contributed by atoms with Gasteiger partial charge < -0.3 is 14.6 Å². The van der Waals surface area contributed by atoms with E-state index in [4.69, 9.17) is 9.47 Å². The summed E-state index contributed by atoms with van der Waals surface area (Å²) in [5, 5.41) is 13.5. The second-order valence-electron chi connectivity index (χ2n) is 4.48. The van der Waals surface area contributed by atoms with E-state index in [0.717, 1.165) is 0 Å². The summed E-state index contributed by atoms with van der Waals surface area (Å²) in [6.45, 7) is 0. The molecule has 0 spiro atoms. The van der Waals surface area contributed by atoms with Gasteiger partial charge in [0.15, 0.2) is 11.5 Å². The number of carbonyl (C=O) groups is 1. The van der Waals surface area contributed by atoms with E-state index in [1.54, 1.807) is 37.4 Å². The summed E-state index contributed by atoms with van der Waals surface area (Å²) in [7, 11) is 3.02. The van der Waals surface area contributed by atoms with Gasteiger partial charge in [-0.2, -0.15) is 5.10 Å². The number of hydrogen-bond acceptors (Lipinski definition) is 5. The number of aromatic hydroxyl groups is 1. The summed E-state index contributed by atoms with van der Waals surface area (Å²) in [6.07, 6.45) is 1.43. The first kappa shape index (κ1) is 16.8. The van der Waals surface area contributed by atoms with E-state index in [-0.39, 0.29) is 11.7 Å². The summed E-state index contributed by atoms with van der Waals surface area (Å²) in [5.41, 5.74) is 3.48. The van der Waals surface area contributed by atoms with E-state index in [9.17, 15) is 9.90 Å². The lowest BCUT2D eigenvalue weighted by atomic mass is 10.2. The molecule has 0 radical (unpaired) electrons. The summed E-state index contributed by atoms with van der Waals surface area (Å²) >= 11 is 3.32. The molecule has 2 aromatic carbocycles. The first-order chi connectivity index (χ1) is 11.0. The van der Waals surface area contributed by atoms with Gasteiger partial charge in [0, 0.05) is 5.56 Å². The summed E-state index contributed by atoms with van der Waals surface area (Å²) in [5.74, 6) is 0.650. The topological polar surface area (TPSA) is 80.2 Å². The molecule has 0 heterocycles. The number of nitrogens with one attached hydrogen (secondary N) is 1. The van der Waals surface area contributed by atoms with Crippen molar-refractivity contribution in [2.45, 2.75) is 0 Å². The molecular weight excluding hydrogens is 364 g/mol. The molecule has 2 rings (SSSR count). The van der Waals surface area contributed by atoms with Crippen molar-refractivity contribution in [1.29, 1.82) is 0 Å². The summed E-state index contributed by atoms with van der Waals surface area (Å²) in [6, 6.07) is 9.76. The second-order valence-corrected chi connectivity index (χ2v) is 5.33.